The van der Waals surface area contributed by atoms with Crippen LogP contribution in [0.15, 0.2) is 0 Å². The molecule has 0 spiro atoms. The topological polar surface area (TPSA) is 153 Å². The lowest BCUT2D eigenvalue weighted by molar-refractivity contribution is -0.163. The van der Waals surface area contributed by atoms with Crippen molar-refractivity contribution in [1.29, 1.82) is 0 Å². The van der Waals surface area contributed by atoms with Gasteiger partial charge in [-0.05, 0) is 0 Å². The molecular weight excluding hydrogens is 376 g/mol. The molecule has 12 nitrogen and oxygen atoms in total. The van der Waals surface area contributed by atoms with Crippen LogP contribution < -0.4 is 21.3 Å². The van der Waals surface area contributed by atoms with Crippen molar-refractivity contribution in [3.8, 4) is 0 Å². The summed E-state index contributed by atoms with van der Waals surface area (Å²) < 4.78 is 18.9. The van der Waals surface area contributed by atoms with Gasteiger partial charge in [0.25, 0.3) is 0 Å². The van der Waals surface area contributed by atoms with Crippen LogP contribution in [0.5, 0.6) is 0 Å². The highest BCUT2D eigenvalue weighted by atomic mass is 16.7. The Labute approximate surface area is 164 Å². The molecule has 28 heavy (non-hydrogen) atoms. The zero-order valence-corrected chi connectivity index (χ0v) is 16.7. The third kappa shape index (κ3) is 16.8. The van der Waals surface area contributed by atoms with Crippen molar-refractivity contribution in [3.63, 3.8) is 0 Å². The smallest absolute Gasteiger partial charge is 0.410 e. The van der Waals surface area contributed by atoms with E-state index in [-0.39, 0.29) is 0 Å². The number of alkyl carbamates (subject to hydrolysis) is 2. The molecule has 0 aromatic heterocycles. The fourth-order valence-electron chi connectivity index (χ4n) is 1.83. The maximum absolute atomic E-state index is 11.4. The highest BCUT2D eigenvalue weighted by Crippen LogP contribution is 1.94. The lowest BCUT2D eigenvalue weighted by Gasteiger charge is -2.14. The first kappa shape index (κ1) is 25.4. The Morgan fingerprint density at radius 3 is 1.25 bits per heavy atom. The van der Waals surface area contributed by atoms with Crippen molar-refractivity contribution < 1.29 is 38.1 Å². The van der Waals surface area contributed by atoms with E-state index >= 15 is 0 Å². The molecule has 0 fully saturated rings. The summed E-state index contributed by atoms with van der Waals surface area (Å²) in [4.78, 5) is 44.1. The average Bonchev–Trinajstić information content (AvgIpc) is 2.54. The van der Waals surface area contributed by atoms with Gasteiger partial charge in [-0.3, -0.25) is 9.59 Å². The molecule has 162 valence electrons. The lowest BCUT2D eigenvalue weighted by atomic mass is 10.5. The van der Waals surface area contributed by atoms with E-state index in [1.165, 1.54) is 27.7 Å². The molecule has 0 aliphatic rings. The van der Waals surface area contributed by atoms with Crippen molar-refractivity contribution in [2.45, 2.75) is 40.3 Å². The van der Waals surface area contributed by atoms with Crippen LogP contribution in [0.3, 0.4) is 0 Å². The SMILES string of the molecule is CC(=O)O[C@H](C)OC(=O)NCCNCCNCCNC(=O)O[C@@H](C)OC(C)=O. The highest BCUT2D eigenvalue weighted by Gasteiger charge is 2.11. The molecule has 12 heteroatoms. The second-order valence-electron chi connectivity index (χ2n) is 5.52. The van der Waals surface area contributed by atoms with Gasteiger partial charge in [-0.1, -0.05) is 0 Å². The third-order valence-electron chi connectivity index (χ3n) is 2.83. The maximum Gasteiger partial charge on any atom is 0.410 e. The molecule has 0 aliphatic carbocycles. The first-order chi connectivity index (χ1) is 13.2. The summed E-state index contributed by atoms with van der Waals surface area (Å²) in [6, 6.07) is 0. The van der Waals surface area contributed by atoms with Gasteiger partial charge in [0, 0.05) is 67.0 Å². The van der Waals surface area contributed by atoms with Crippen LogP contribution in [0.25, 0.3) is 0 Å². The number of ether oxygens (including phenoxy) is 4. The number of hydrogen-bond acceptors (Lipinski definition) is 10. The lowest BCUT2D eigenvalue weighted by Crippen LogP contribution is -2.38. The van der Waals surface area contributed by atoms with Gasteiger partial charge >= 0.3 is 24.1 Å². The van der Waals surface area contributed by atoms with E-state index in [1.807, 2.05) is 0 Å². The number of esters is 2. The van der Waals surface area contributed by atoms with Crippen molar-refractivity contribution >= 4 is 24.1 Å². The summed E-state index contributed by atoms with van der Waals surface area (Å²) in [5.74, 6) is -1.06. The quantitative estimate of drug-likeness (QED) is 0.178. The normalized spacial score (nSPS) is 12.3. The second kappa shape index (κ2) is 15.5. The van der Waals surface area contributed by atoms with E-state index in [2.05, 4.69) is 30.7 Å². The van der Waals surface area contributed by atoms with Crippen LogP contribution in [0.4, 0.5) is 9.59 Å². The van der Waals surface area contributed by atoms with Gasteiger partial charge < -0.3 is 40.2 Å². The van der Waals surface area contributed by atoms with E-state index < -0.39 is 36.7 Å². The van der Waals surface area contributed by atoms with Crippen molar-refractivity contribution in [1.82, 2.24) is 21.3 Å². The predicted octanol–water partition coefficient (Wildman–Crippen LogP) is -0.564. The van der Waals surface area contributed by atoms with Gasteiger partial charge in [-0.25, -0.2) is 9.59 Å². The van der Waals surface area contributed by atoms with Gasteiger partial charge in [0.2, 0.25) is 12.6 Å². The molecule has 0 saturated heterocycles. The molecule has 2 amide bonds. The van der Waals surface area contributed by atoms with Crippen LogP contribution in [0, 0.1) is 0 Å². The molecule has 0 aliphatic heterocycles. The average molecular weight is 406 g/mol. The van der Waals surface area contributed by atoms with Crippen molar-refractivity contribution in [2.75, 3.05) is 39.3 Å². The van der Waals surface area contributed by atoms with Crippen molar-refractivity contribution in [3.05, 3.63) is 0 Å². The molecule has 0 aromatic rings. The number of carbonyl (C=O) groups excluding carboxylic acids is 4. The molecule has 0 aromatic carbocycles. The van der Waals surface area contributed by atoms with Crippen LogP contribution in [0.2, 0.25) is 0 Å². The molecular formula is C16H30N4O8. The Bertz CT molecular complexity index is 459. The second-order valence-corrected chi connectivity index (χ2v) is 5.52. The molecule has 4 N–H and O–H groups in total. The monoisotopic (exact) mass is 406 g/mol. The minimum Gasteiger partial charge on any atom is -0.426 e. The summed E-state index contributed by atoms with van der Waals surface area (Å²) in [7, 11) is 0. The number of nitrogens with one attached hydrogen (secondary N) is 4. The Morgan fingerprint density at radius 1 is 0.607 bits per heavy atom. The number of amides is 2. The van der Waals surface area contributed by atoms with Crippen molar-refractivity contribution in [2.24, 2.45) is 0 Å². The zero-order valence-electron chi connectivity index (χ0n) is 16.7. The Morgan fingerprint density at radius 2 is 0.929 bits per heavy atom. The summed E-state index contributed by atoms with van der Waals surface area (Å²) in [6.07, 6.45) is -3.22. The number of rotatable bonds is 13. The fourth-order valence-corrected chi connectivity index (χ4v) is 1.83. The minimum atomic E-state index is -0.939. The first-order valence-electron chi connectivity index (χ1n) is 8.85. The maximum atomic E-state index is 11.4. The van der Waals surface area contributed by atoms with Gasteiger partial charge in [0.15, 0.2) is 0 Å². The van der Waals surface area contributed by atoms with Gasteiger partial charge in [-0.15, -0.1) is 0 Å². The number of hydrogen-bond donors (Lipinski definition) is 4. The third-order valence-corrected chi connectivity index (χ3v) is 2.83. The van der Waals surface area contributed by atoms with Crippen LogP contribution in [0.1, 0.15) is 27.7 Å². The predicted molar refractivity (Wildman–Crippen MR) is 97.2 cm³/mol. The van der Waals surface area contributed by atoms with E-state index in [1.54, 1.807) is 0 Å². The van der Waals surface area contributed by atoms with E-state index in [0.717, 1.165) is 0 Å². The largest absolute Gasteiger partial charge is 0.426 e. The first-order valence-corrected chi connectivity index (χ1v) is 8.85. The van der Waals surface area contributed by atoms with Crippen LogP contribution in [-0.2, 0) is 28.5 Å². The Kier molecular flexibility index (Phi) is 14.0. The summed E-state index contributed by atoms with van der Waals surface area (Å²) in [5.41, 5.74) is 0. The molecule has 0 rings (SSSR count). The molecule has 2 atom stereocenters. The van der Waals surface area contributed by atoms with E-state index in [4.69, 9.17) is 9.47 Å². The Balaban J connectivity index is 3.46. The van der Waals surface area contributed by atoms with Crippen LogP contribution in [-0.4, -0.2) is 76.0 Å². The van der Waals surface area contributed by atoms with Crippen LogP contribution >= 0.6 is 0 Å². The zero-order chi connectivity index (χ0) is 21.4. The summed E-state index contributed by atoms with van der Waals surface area (Å²) >= 11 is 0. The van der Waals surface area contributed by atoms with Gasteiger partial charge in [-0.2, -0.15) is 0 Å². The van der Waals surface area contributed by atoms with E-state index in [0.29, 0.717) is 39.3 Å². The standard InChI is InChI=1S/C16H30N4O8/c1-11(21)25-13(3)27-15(23)19-9-7-17-5-6-18-8-10-20-16(24)28-14(4)26-12(2)22/h13-14,17-18H,5-10H2,1-4H3,(H,19,23)(H,20,24)/t13-,14-/m0/s1. The fraction of sp³-hybridized carbons (Fsp3) is 0.750. The number of carbonyl (C=O) groups is 4. The van der Waals surface area contributed by atoms with Gasteiger partial charge in [0.05, 0.1) is 0 Å². The summed E-state index contributed by atoms with van der Waals surface area (Å²) in [5, 5.41) is 11.2. The minimum absolute atomic E-state index is 0.347. The molecule has 0 radical (unpaired) electrons. The molecule has 0 heterocycles. The molecule has 0 bridgehead atoms. The highest BCUT2D eigenvalue weighted by molar-refractivity contribution is 5.69. The van der Waals surface area contributed by atoms with E-state index in [9.17, 15) is 19.2 Å². The summed E-state index contributed by atoms with van der Waals surface area (Å²) in [6.45, 7) is 8.38. The molecule has 0 unspecified atom stereocenters. The molecule has 0 saturated carbocycles. The van der Waals surface area contributed by atoms with Gasteiger partial charge in [0.1, 0.15) is 0 Å². The Hall–Kier alpha value is -2.60.